The van der Waals surface area contributed by atoms with E-state index in [2.05, 4.69) is 187 Å². The first-order valence-corrected chi connectivity index (χ1v) is 21.8. The van der Waals surface area contributed by atoms with E-state index in [0.29, 0.717) is 17.4 Å². The molecule has 4 atom stereocenters. The molecule has 288 valence electrons. The van der Waals surface area contributed by atoms with Crippen molar-refractivity contribution in [2.24, 2.45) is 17.8 Å². The van der Waals surface area contributed by atoms with E-state index in [1.54, 1.807) is 5.56 Å². The van der Waals surface area contributed by atoms with E-state index >= 15 is 0 Å². The van der Waals surface area contributed by atoms with Gasteiger partial charge in [0.15, 0.2) is 0 Å². The van der Waals surface area contributed by atoms with Crippen LogP contribution in [0.15, 0.2) is 176 Å². The fourth-order valence-electron chi connectivity index (χ4n) is 12.3. The minimum atomic E-state index is 0.0543. The Hall–Kier alpha value is -6.89. The van der Waals surface area contributed by atoms with Crippen LogP contribution >= 0.6 is 0 Å². The Morgan fingerprint density at radius 2 is 1.07 bits per heavy atom. The molecule has 2 fully saturated rings. The largest absolute Gasteiger partial charge is 0.310 e. The fourth-order valence-corrected chi connectivity index (χ4v) is 12.3. The van der Waals surface area contributed by atoms with Crippen molar-refractivity contribution in [3.05, 3.63) is 193 Å². The SMILES string of the molecule is CC1CC2CCCC(C2)C12c1ccccc1-c1cc(N(c3ccc(C#N)cc3)c3ccc4ccc5c(N(c6ccccc6)c6ccccc6)ccc6ccc3c4c65)ccc12. The molecule has 0 amide bonds. The molecule has 0 N–H and O–H groups in total. The molecule has 3 aliphatic rings. The van der Waals surface area contributed by atoms with Crippen molar-refractivity contribution in [3.8, 4) is 17.2 Å². The zero-order valence-electron chi connectivity index (χ0n) is 33.9. The quantitative estimate of drug-likeness (QED) is 0.158. The second kappa shape index (κ2) is 13.6. The van der Waals surface area contributed by atoms with Crippen molar-refractivity contribution in [2.45, 2.75) is 44.4 Å². The summed E-state index contributed by atoms with van der Waals surface area (Å²) in [5.74, 6) is 2.12. The number of nitriles is 1. The number of rotatable bonds is 6. The number of benzene rings is 9. The Balaban J connectivity index is 1.08. The molecule has 2 bridgehead atoms. The zero-order chi connectivity index (χ0) is 40.0. The van der Waals surface area contributed by atoms with Crippen LogP contribution in [0.25, 0.3) is 43.4 Å². The molecule has 2 saturated carbocycles. The van der Waals surface area contributed by atoms with Crippen molar-refractivity contribution >= 4 is 66.4 Å². The van der Waals surface area contributed by atoms with Crippen LogP contribution in [-0.2, 0) is 5.41 Å². The van der Waals surface area contributed by atoms with Gasteiger partial charge in [-0.2, -0.15) is 5.26 Å². The molecule has 0 saturated heterocycles. The van der Waals surface area contributed by atoms with Crippen LogP contribution in [-0.4, -0.2) is 0 Å². The average Bonchev–Trinajstić information content (AvgIpc) is 3.60. The second-order valence-corrected chi connectivity index (χ2v) is 17.6. The Morgan fingerprint density at radius 1 is 0.517 bits per heavy atom. The van der Waals surface area contributed by atoms with E-state index < -0.39 is 0 Å². The van der Waals surface area contributed by atoms with Gasteiger partial charge in [0.1, 0.15) is 0 Å². The molecule has 1 spiro atoms. The van der Waals surface area contributed by atoms with Crippen LogP contribution in [0.5, 0.6) is 0 Å². The first kappa shape index (κ1) is 35.1. The Morgan fingerprint density at radius 3 is 1.72 bits per heavy atom. The number of hydrogen-bond acceptors (Lipinski definition) is 3. The normalized spacial score (nSPS) is 20.3. The topological polar surface area (TPSA) is 30.3 Å². The Kier molecular flexibility index (Phi) is 7.94. The average molecular weight is 772 g/mol. The molecule has 0 aromatic heterocycles. The highest BCUT2D eigenvalue weighted by atomic mass is 15.1. The predicted octanol–water partition coefficient (Wildman–Crippen LogP) is 15.5. The summed E-state index contributed by atoms with van der Waals surface area (Å²) in [6, 6.07) is 67.0. The molecule has 4 unspecified atom stereocenters. The molecule has 9 aromatic rings. The van der Waals surface area contributed by atoms with Crippen molar-refractivity contribution in [3.63, 3.8) is 0 Å². The second-order valence-electron chi connectivity index (χ2n) is 17.6. The molecule has 3 heteroatoms. The molecule has 0 radical (unpaired) electrons. The van der Waals surface area contributed by atoms with Crippen molar-refractivity contribution < 1.29 is 0 Å². The van der Waals surface area contributed by atoms with Crippen LogP contribution < -0.4 is 9.80 Å². The van der Waals surface area contributed by atoms with E-state index in [0.717, 1.165) is 40.0 Å². The van der Waals surface area contributed by atoms with Gasteiger partial charge in [-0.1, -0.05) is 123 Å². The zero-order valence-corrected chi connectivity index (χ0v) is 33.9. The summed E-state index contributed by atoms with van der Waals surface area (Å²) in [6.45, 7) is 2.54. The van der Waals surface area contributed by atoms with Crippen LogP contribution in [0.4, 0.5) is 34.1 Å². The van der Waals surface area contributed by atoms with Gasteiger partial charge in [0.05, 0.1) is 23.0 Å². The monoisotopic (exact) mass is 771 g/mol. The van der Waals surface area contributed by atoms with Crippen molar-refractivity contribution in [1.82, 2.24) is 0 Å². The number of fused-ring (bicyclic) bond motifs is 8. The van der Waals surface area contributed by atoms with Gasteiger partial charge in [0.2, 0.25) is 0 Å². The van der Waals surface area contributed by atoms with E-state index in [9.17, 15) is 5.26 Å². The van der Waals surface area contributed by atoms with E-state index in [1.165, 1.54) is 81.1 Å². The Bertz CT molecular complexity index is 3090. The molecule has 3 aliphatic carbocycles. The number of hydrogen-bond donors (Lipinski definition) is 0. The van der Waals surface area contributed by atoms with Gasteiger partial charge in [-0.05, 0) is 154 Å². The first-order chi connectivity index (χ1) is 29.6. The maximum absolute atomic E-state index is 9.84. The highest BCUT2D eigenvalue weighted by Gasteiger charge is 2.55. The third-order valence-corrected chi connectivity index (χ3v) is 14.6. The Labute approximate surface area is 352 Å². The molecule has 0 heterocycles. The van der Waals surface area contributed by atoms with Gasteiger partial charge in [-0.3, -0.25) is 0 Å². The predicted molar refractivity (Wildman–Crippen MR) is 250 cm³/mol. The summed E-state index contributed by atoms with van der Waals surface area (Å²) in [6.07, 6.45) is 6.70. The lowest BCUT2D eigenvalue weighted by Gasteiger charge is -2.53. The molecule has 12 rings (SSSR count). The van der Waals surface area contributed by atoms with Gasteiger partial charge in [0, 0.05) is 38.9 Å². The van der Waals surface area contributed by atoms with Crippen LogP contribution in [0.1, 0.15) is 55.7 Å². The van der Waals surface area contributed by atoms with E-state index in [1.807, 2.05) is 12.1 Å². The lowest BCUT2D eigenvalue weighted by molar-refractivity contribution is 0.0670. The van der Waals surface area contributed by atoms with E-state index in [4.69, 9.17) is 0 Å². The molecular formula is C57H45N3. The molecule has 3 nitrogen and oxygen atoms in total. The van der Waals surface area contributed by atoms with Gasteiger partial charge in [0.25, 0.3) is 0 Å². The van der Waals surface area contributed by atoms with Crippen molar-refractivity contribution in [1.29, 1.82) is 5.26 Å². The van der Waals surface area contributed by atoms with Gasteiger partial charge in [-0.15, -0.1) is 0 Å². The maximum Gasteiger partial charge on any atom is 0.0991 e. The smallest absolute Gasteiger partial charge is 0.0991 e. The highest BCUT2D eigenvalue weighted by molar-refractivity contribution is 6.28. The first-order valence-electron chi connectivity index (χ1n) is 21.8. The van der Waals surface area contributed by atoms with Crippen molar-refractivity contribution in [2.75, 3.05) is 9.80 Å². The lowest BCUT2D eigenvalue weighted by Crippen LogP contribution is -2.47. The summed E-state index contributed by atoms with van der Waals surface area (Å²) in [5.41, 5.74) is 13.2. The minimum Gasteiger partial charge on any atom is -0.310 e. The molecule has 60 heavy (non-hydrogen) atoms. The molecule has 9 aromatic carbocycles. The fraction of sp³-hybridized carbons (Fsp3) is 0.175. The summed E-state index contributed by atoms with van der Waals surface area (Å²) in [4.78, 5) is 4.81. The van der Waals surface area contributed by atoms with Crippen LogP contribution in [0, 0.1) is 29.1 Å². The standard InChI is InChI=1S/C57H45N3/c1-37-33-39-11-10-12-42(34-39)57(37)51-18-9-8-17-47(51)50-35-46(27-30-52(50)57)60(45-25-19-38(36-58)20-26-45)54-32-24-41-21-28-48-53(31-23-40-22-29-49(54)56(41)55(40)48)59(43-13-4-2-5-14-43)44-15-6-3-7-16-44/h2-9,13-32,35,37,39,42H,10-12,33-34H2,1H3. The van der Waals surface area contributed by atoms with Gasteiger partial charge >= 0.3 is 0 Å². The lowest BCUT2D eigenvalue weighted by atomic mass is 9.51. The number of para-hydroxylation sites is 2. The number of nitrogens with zero attached hydrogens (tertiary/aromatic N) is 3. The summed E-state index contributed by atoms with van der Waals surface area (Å²) < 4.78 is 0. The summed E-state index contributed by atoms with van der Waals surface area (Å²) >= 11 is 0. The summed E-state index contributed by atoms with van der Waals surface area (Å²) in [5, 5.41) is 17.2. The van der Waals surface area contributed by atoms with E-state index in [-0.39, 0.29) is 5.41 Å². The van der Waals surface area contributed by atoms with Gasteiger partial charge in [-0.25, -0.2) is 0 Å². The maximum atomic E-state index is 9.84. The minimum absolute atomic E-state index is 0.0543. The molecule has 0 aliphatic heterocycles. The number of anilines is 6. The molecular weight excluding hydrogens is 727 g/mol. The third kappa shape index (κ3) is 5.07. The summed E-state index contributed by atoms with van der Waals surface area (Å²) in [7, 11) is 0. The van der Waals surface area contributed by atoms with Gasteiger partial charge < -0.3 is 9.80 Å². The third-order valence-electron chi connectivity index (χ3n) is 14.6. The van der Waals surface area contributed by atoms with Crippen LogP contribution in [0.3, 0.4) is 0 Å². The van der Waals surface area contributed by atoms with Crippen LogP contribution in [0.2, 0.25) is 0 Å². The highest BCUT2D eigenvalue weighted by Crippen LogP contribution is 2.64.